The van der Waals surface area contributed by atoms with Gasteiger partial charge in [0.1, 0.15) is 36.1 Å². The molecule has 0 aliphatic rings. The molecule has 2 atom stereocenters. The minimum absolute atomic E-state index is 0.0300. The van der Waals surface area contributed by atoms with E-state index in [0.717, 1.165) is 5.56 Å². The first-order valence-corrected chi connectivity index (χ1v) is 13.7. The van der Waals surface area contributed by atoms with E-state index in [1.165, 1.54) is 18.5 Å². The number of hydrogen-bond acceptors (Lipinski definition) is 9. The van der Waals surface area contributed by atoms with Crippen LogP contribution < -0.4 is 15.4 Å². The number of ether oxygens (including phenoxy) is 3. The summed E-state index contributed by atoms with van der Waals surface area (Å²) in [5, 5.41) is 17.3. The molecule has 1 heterocycles. The summed E-state index contributed by atoms with van der Waals surface area (Å²) in [5.41, 5.74) is -1.43. The zero-order chi connectivity index (χ0) is 31.5. The first kappa shape index (κ1) is 32.5. The van der Waals surface area contributed by atoms with Gasteiger partial charge < -0.3 is 29.7 Å². The molecular formula is C30H37N7O6. The number of hydrogen-bond donors (Lipinski definition) is 2. The van der Waals surface area contributed by atoms with Crippen LogP contribution in [0.3, 0.4) is 0 Å². The minimum atomic E-state index is -1.45. The topological polar surface area (TPSA) is 151 Å². The van der Waals surface area contributed by atoms with Crippen molar-refractivity contribution in [3.8, 4) is 5.75 Å². The van der Waals surface area contributed by atoms with Gasteiger partial charge in [0.2, 0.25) is 12.5 Å². The van der Waals surface area contributed by atoms with E-state index in [1.807, 2.05) is 48.5 Å². The van der Waals surface area contributed by atoms with Crippen LogP contribution in [-0.2, 0) is 25.7 Å². The molecule has 13 heteroatoms. The van der Waals surface area contributed by atoms with Crippen molar-refractivity contribution in [3.05, 3.63) is 83.5 Å². The standard InChI is InChI=1S/C30H37N7O6/c1-29(2,3)43-28(40)33-30(4,5)27(39)32-24(17-25(38)42-19-21-13-9-7-10-14-21)26-34-35-36-37(26)22(18-31-6)20-41-23-15-11-8-12-16-23/h7-16,22,24H,17-20H2,1-5H3,(H,32,39)(H,33,40)/t22?,24-/m1/s1. The highest BCUT2D eigenvalue weighted by Crippen LogP contribution is 2.22. The zero-order valence-electron chi connectivity index (χ0n) is 24.9. The van der Waals surface area contributed by atoms with Crippen molar-refractivity contribution >= 4 is 18.0 Å². The second kappa shape index (κ2) is 14.8. The summed E-state index contributed by atoms with van der Waals surface area (Å²) in [4.78, 5) is 42.4. The van der Waals surface area contributed by atoms with Gasteiger partial charge in [0.15, 0.2) is 11.9 Å². The second-order valence-electron chi connectivity index (χ2n) is 11.2. The van der Waals surface area contributed by atoms with Gasteiger partial charge in [0, 0.05) is 0 Å². The van der Waals surface area contributed by atoms with Crippen LogP contribution in [-0.4, -0.2) is 62.5 Å². The van der Waals surface area contributed by atoms with Crippen LogP contribution in [0.5, 0.6) is 5.75 Å². The fraction of sp³-hybridized carbons (Fsp3) is 0.433. The summed E-state index contributed by atoms with van der Waals surface area (Å²) in [6, 6.07) is 16.5. The molecular weight excluding hydrogens is 554 g/mol. The molecule has 1 aromatic heterocycles. The number of para-hydroxylation sites is 1. The molecule has 43 heavy (non-hydrogen) atoms. The third-order valence-corrected chi connectivity index (χ3v) is 5.96. The number of carbonyl (C=O) groups is 3. The van der Waals surface area contributed by atoms with Crippen LogP contribution >= 0.6 is 0 Å². The Labute approximate surface area is 250 Å². The molecule has 0 radical (unpaired) electrons. The van der Waals surface area contributed by atoms with Crippen LogP contribution in [0.2, 0.25) is 0 Å². The Balaban J connectivity index is 1.84. The van der Waals surface area contributed by atoms with Crippen molar-refractivity contribution in [2.45, 2.75) is 70.9 Å². The van der Waals surface area contributed by atoms with E-state index >= 15 is 0 Å². The molecule has 2 amide bonds. The number of esters is 1. The molecule has 0 bridgehead atoms. The molecule has 228 valence electrons. The highest BCUT2D eigenvalue weighted by Gasteiger charge is 2.36. The number of nitrogens with zero attached hydrogens (tertiary/aromatic N) is 5. The Morgan fingerprint density at radius 2 is 1.65 bits per heavy atom. The highest BCUT2D eigenvalue weighted by molar-refractivity contribution is 5.89. The SMILES string of the molecule is [C-]#[N+]CC(COc1ccccc1)n1nnnc1[C@@H](CC(=O)OCc1ccccc1)NC(=O)C(C)(C)NC(=O)OC(C)(C)C. The number of nitrogens with one attached hydrogen (secondary N) is 2. The van der Waals surface area contributed by atoms with Gasteiger partial charge in [0.05, 0.1) is 6.42 Å². The van der Waals surface area contributed by atoms with Crippen LogP contribution in [0.4, 0.5) is 4.79 Å². The monoisotopic (exact) mass is 591 g/mol. The molecule has 13 nitrogen and oxygen atoms in total. The van der Waals surface area contributed by atoms with Gasteiger partial charge in [0.25, 0.3) is 0 Å². The Morgan fingerprint density at radius 1 is 1.00 bits per heavy atom. The third kappa shape index (κ3) is 10.4. The number of aromatic nitrogens is 4. The normalized spacial score (nSPS) is 12.7. The van der Waals surface area contributed by atoms with E-state index in [2.05, 4.69) is 31.0 Å². The largest absolute Gasteiger partial charge is 0.491 e. The molecule has 0 fully saturated rings. The van der Waals surface area contributed by atoms with Crippen molar-refractivity contribution in [1.29, 1.82) is 0 Å². The van der Waals surface area contributed by atoms with Crippen LogP contribution in [0.25, 0.3) is 4.85 Å². The summed E-state index contributed by atoms with van der Waals surface area (Å²) in [5.74, 6) is -0.542. The second-order valence-corrected chi connectivity index (χ2v) is 11.2. The number of amides is 2. The molecule has 0 saturated carbocycles. The first-order chi connectivity index (χ1) is 20.4. The van der Waals surface area contributed by atoms with E-state index in [9.17, 15) is 14.4 Å². The number of rotatable bonds is 13. The molecule has 3 aromatic rings. The van der Waals surface area contributed by atoms with Crippen molar-refractivity contribution in [3.63, 3.8) is 0 Å². The Kier molecular flexibility index (Phi) is 11.2. The van der Waals surface area contributed by atoms with Crippen molar-refractivity contribution < 1.29 is 28.6 Å². The van der Waals surface area contributed by atoms with Crippen molar-refractivity contribution in [2.75, 3.05) is 13.2 Å². The maximum atomic E-state index is 13.5. The quantitative estimate of drug-likeness (QED) is 0.223. The fourth-order valence-electron chi connectivity index (χ4n) is 3.83. The van der Waals surface area contributed by atoms with E-state index in [-0.39, 0.29) is 32.0 Å². The van der Waals surface area contributed by atoms with Crippen molar-refractivity contribution in [1.82, 2.24) is 30.8 Å². The predicted molar refractivity (Wildman–Crippen MR) is 155 cm³/mol. The van der Waals surface area contributed by atoms with Crippen LogP contribution in [0.15, 0.2) is 60.7 Å². The van der Waals surface area contributed by atoms with E-state index in [1.54, 1.807) is 32.9 Å². The van der Waals surface area contributed by atoms with Gasteiger partial charge in [-0.1, -0.05) is 48.5 Å². The lowest BCUT2D eigenvalue weighted by molar-refractivity contribution is -0.146. The zero-order valence-corrected chi connectivity index (χ0v) is 24.9. The molecule has 0 aliphatic heterocycles. The summed E-state index contributed by atoms with van der Waals surface area (Å²) >= 11 is 0. The van der Waals surface area contributed by atoms with Crippen molar-refractivity contribution in [2.24, 2.45) is 0 Å². The van der Waals surface area contributed by atoms with Gasteiger partial charge >= 0.3 is 12.1 Å². The third-order valence-electron chi connectivity index (χ3n) is 5.96. The highest BCUT2D eigenvalue weighted by atomic mass is 16.6. The number of carbonyl (C=O) groups excluding carboxylic acids is 3. The Morgan fingerprint density at radius 3 is 2.28 bits per heavy atom. The van der Waals surface area contributed by atoms with Gasteiger partial charge in [-0.15, -0.1) is 5.10 Å². The predicted octanol–water partition coefficient (Wildman–Crippen LogP) is 3.81. The fourth-order valence-corrected chi connectivity index (χ4v) is 3.83. The number of benzene rings is 2. The smallest absolute Gasteiger partial charge is 0.408 e. The van der Waals surface area contributed by atoms with Gasteiger partial charge in [-0.3, -0.25) is 9.59 Å². The maximum absolute atomic E-state index is 13.5. The number of tetrazole rings is 1. The molecule has 2 N–H and O–H groups in total. The maximum Gasteiger partial charge on any atom is 0.408 e. The molecule has 0 saturated heterocycles. The summed E-state index contributed by atoms with van der Waals surface area (Å²) in [6.45, 7) is 15.6. The molecule has 2 aromatic carbocycles. The van der Waals surface area contributed by atoms with Crippen LogP contribution in [0.1, 0.15) is 64.5 Å². The lowest BCUT2D eigenvalue weighted by Crippen LogP contribution is -2.56. The summed E-state index contributed by atoms with van der Waals surface area (Å²) in [6.07, 6.45) is -1.11. The van der Waals surface area contributed by atoms with Gasteiger partial charge in [-0.05, 0) is 62.7 Å². The summed E-state index contributed by atoms with van der Waals surface area (Å²) in [7, 11) is 0. The minimum Gasteiger partial charge on any atom is -0.491 e. The van der Waals surface area contributed by atoms with E-state index in [0.29, 0.717) is 5.75 Å². The van der Waals surface area contributed by atoms with E-state index in [4.69, 9.17) is 20.8 Å². The Bertz CT molecular complexity index is 1400. The molecule has 1 unspecified atom stereocenters. The number of alkyl carbamates (subject to hydrolysis) is 1. The summed E-state index contributed by atoms with van der Waals surface area (Å²) < 4.78 is 18.0. The van der Waals surface area contributed by atoms with Gasteiger partial charge in [-0.2, -0.15) is 0 Å². The molecule has 0 aliphatic carbocycles. The molecule has 3 rings (SSSR count). The average molecular weight is 592 g/mol. The average Bonchev–Trinajstić information content (AvgIpc) is 3.43. The van der Waals surface area contributed by atoms with Crippen LogP contribution in [0, 0.1) is 6.57 Å². The Hall–Kier alpha value is -4.99. The van der Waals surface area contributed by atoms with E-state index < -0.39 is 41.2 Å². The lowest BCUT2D eigenvalue weighted by atomic mass is 10.0. The molecule has 0 spiro atoms. The first-order valence-electron chi connectivity index (χ1n) is 13.7. The lowest BCUT2D eigenvalue weighted by Gasteiger charge is -2.29. The van der Waals surface area contributed by atoms with Gasteiger partial charge in [-0.25, -0.2) is 16.0 Å².